The van der Waals surface area contributed by atoms with Gasteiger partial charge in [-0.25, -0.2) is 0 Å². The summed E-state index contributed by atoms with van der Waals surface area (Å²) in [5, 5.41) is 0. The maximum absolute atomic E-state index is 6.41. The summed E-state index contributed by atoms with van der Waals surface area (Å²) in [6.07, 6.45) is 2.35. The molecule has 2 nitrogen and oxygen atoms in total. The number of nitrogens with two attached hydrogens (primary N) is 1. The first-order valence-corrected chi connectivity index (χ1v) is 8.88. The molecule has 2 heterocycles. The first-order valence-electron chi connectivity index (χ1n) is 7.27. The zero-order valence-electron chi connectivity index (χ0n) is 12.1. The third kappa shape index (κ3) is 3.60. The lowest BCUT2D eigenvalue weighted by Crippen LogP contribution is -2.39. The number of halogens is 1. The van der Waals surface area contributed by atoms with Crippen molar-refractivity contribution in [2.24, 2.45) is 17.6 Å². The molecule has 0 spiro atoms. The first-order chi connectivity index (χ1) is 9.02. The van der Waals surface area contributed by atoms with Gasteiger partial charge < -0.3 is 5.73 Å². The van der Waals surface area contributed by atoms with Crippen LogP contribution in [0.25, 0.3) is 0 Å². The Kier molecular flexibility index (Phi) is 5.46. The Bertz CT molecular complexity index is 405. The number of thiophene rings is 1. The second-order valence-electron chi connectivity index (χ2n) is 5.95. The number of hydrogen-bond acceptors (Lipinski definition) is 3. The predicted molar refractivity (Wildman–Crippen MR) is 87.5 cm³/mol. The van der Waals surface area contributed by atoms with E-state index in [0.29, 0.717) is 6.04 Å². The van der Waals surface area contributed by atoms with Crippen LogP contribution in [0, 0.1) is 11.8 Å². The lowest BCUT2D eigenvalue weighted by Gasteiger charge is -2.32. The highest BCUT2D eigenvalue weighted by Crippen LogP contribution is 2.37. The van der Waals surface area contributed by atoms with Crippen LogP contribution < -0.4 is 5.73 Å². The van der Waals surface area contributed by atoms with Gasteiger partial charge in [0.1, 0.15) is 0 Å². The fourth-order valence-corrected chi connectivity index (χ4v) is 4.62. The molecule has 4 heteroatoms. The highest BCUT2D eigenvalue weighted by molar-refractivity contribution is 9.11. The molecule has 1 saturated heterocycles. The van der Waals surface area contributed by atoms with Gasteiger partial charge in [-0.15, -0.1) is 11.3 Å². The molecule has 0 saturated carbocycles. The van der Waals surface area contributed by atoms with Gasteiger partial charge in [0, 0.05) is 17.5 Å². The molecule has 1 aliphatic heterocycles. The maximum Gasteiger partial charge on any atom is 0.0702 e. The van der Waals surface area contributed by atoms with Crippen molar-refractivity contribution in [3.8, 4) is 0 Å². The Hall–Kier alpha value is 0.1000. The second kappa shape index (κ2) is 6.70. The molecule has 0 bridgehead atoms. The van der Waals surface area contributed by atoms with Crippen LogP contribution in [-0.2, 0) is 0 Å². The van der Waals surface area contributed by atoms with Crippen molar-refractivity contribution in [2.45, 2.75) is 45.7 Å². The summed E-state index contributed by atoms with van der Waals surface area (Å²) in [5.74, 6) is 1.61. The van der Waals surface area contributed by atoms with Crippen LogP contribution in [0.3, 0.4) is 0 Å². The molecule has 108 valence electrons. The molecule has 3 atom stereocenters. The van der Waals surface area contributed by atoms with Crippen LogP contribution in [0.4, 0.5) is 0 Å². The number of nitrogens with zero attached hydrogens (tertiary/aromatic N) is 1. The van der Waals surface area contributed by atoms with Crippen molar-refractivity contribution in [2.75, 3.05) is 13.1 Å². The SMILES string of the molecule is CCC(N)C(c1ccc(Br)s1)N1CCC(C(C)C)C1. The van der Waals surface area contributed by atoms with E-state index in [2.05, 4.69) is 53.7 Å². The highest BCUT2D eigenvalue weighted by Gasteiger charge is 2.33. The molecule has 2 rings (SSSR count). The van der Waals surface area contributed by atoms with E-state index in [4.69, 9.17) is 5.73 Å². The zero-order valence-corrected chi connectivity index (χ0v) is 14.5. The molecule has 0 amide bonds. The molecule has 0 radical (unpaired) electrons. The summed E-state index contributed by atoms with van der Waals surface area (Å²) in [5.41, 5.74) is 6.41. The average Bonchev–Trinajstić information content (AvgIpc) is 2.99. The molecule has 2 N–H and O–H groups in total. The van der Waals surface area contributed by atoms with Gasteiger partial charge in [0.25, 0.3) is 0 Å². The molecule has 19 heavy (non-hydrogen) atoms. The summed E-state index contributed by atoms with van der Waals surface area (Å²) in [7, 11) is 0. The molecule has 0 aliphatic carbocycles. The minimum atomic E-state index is 0.233. The van der Waals surface area contributed by atoms with Gasteiger partial charge in [0.2, 0.25) is 0 Å². The van der Waals surface area contributed by atoms with Crippen molar-refractivity contribution >= 4 is 27.3 Å². The summed E-state index contributed by atoms with van der Waals surface area (Å²) in [6, 6.07) is 5.00. The first kappa shape index (κ1) is 15.5. The van der Waals surface area contributed by atoms with Gasteiger partial charge in [0.15, 0.2) is 0 Å². The van der Waals surface area contributed by atoms with Crippen LogP contribution in [0.5, 0.6) is 0 Å². The van der Waals surface area contributed by atoms with Gasteiger partial charge in [0.05, 0.1) is 9.83 Å². The Morgan fingerprint density at radius 3 is 2.68 bits per heavy atom. The van der Waals surface area contributed by atoms with Gasteiger partial charge in [-0.05, 0) is 59.3 Å². The Morgan fingerprint density at radius 1 is 1.47 bits per heavy atom. The van der Waals surface area contributed by atoms with Crippen molar-refractivity contribution in [1.82, 2.24) is 4.90 Å². The lowest BCUT2D eigenvalue weighted by atomic mass is 9.95. The van der Waals surface area contributed by atoms with Crippen molar-refractivity contribution in [3.05, 3.63) is 20.8 Å². The Balaban J connectivity index is 2.15. The molecule has 1 aromatic rings. The maximum atomic E-state index is 6.41. The second-order valence-corrected chi connectivity index (χ2v) is 8.44. The fourth-order valence-electron chi connectivity index (χ4n) is 2.98. The number of hydrogen-bond donors (Lipinski definition) is 1. The number of likely N-dealkylation sites (tertiary alicyclic amines) is 1. The van der Waals surface area contributed by atoms with Crippen LogP contribution >= 0.6 is 27.3 Å². The summed E-state index contributed by atoms with van der Waals surface area (Å²) in [6.45, 7) is 9.26. The Labute approximate surface area is 129 Å². The summed E-state index contributed by atoms with van der Waals surface area (Å²) < 4.78 is 1.20. The zero-order chi connectivity index (χ0) is 14.0. The largest absolute Gasteiger partial charge is 0.326 e. The van der Waals surface area contributed by atoms with E-state index in [1.165, 1.54) is 28.2 Å². The highest BCUT2D eigenvalue weighted by atomic mass is 79.9. The average molecular weight is 345 g/mol. The monoisotopic (exact) mass is 344 g/mol. The van der Waals surface area contributed by atoms with E-state index in [-0.39, 0.29) is 6.04 Å². The third-order valence-electron chi connectivity index (χ3n) is 4.35. The number of rotatable bonds is 5. The van der Waals surface area contributed by atoms with Crippen LogP contribution in [0.1, 0.15) is 44.5 Å². The van der Waals surface area contributed by atoms with Crippen molar-refractivity contribution in [3.63, 3.8) is 0 Å². The minimum Gasteiger partial charge on any atom is -0.326 e. The molecule has 1 fully saturated rings. The van der Waals surface area contributed by atoms with E-state index in [0.717, 1.165) is 18.3 Å². The normalized spacial score (nSPS) is 24.0. The molecule has 3 unspecified atom stereocenters. The minimum absolute atomic E-state index is 0.233. The van der Waals surface area contributed by atoms with Crippen LogP contribution in [0.2, 0.25) is 0 Å². The molecular weight excluding hydrogens is 320 g/mol. The fraction of sp³-hybridized carbons (Fsp3) is 0.733. The third-order valence-corrected chi connectivity index (χ3v) is 6.05. The van der Waals surface area contributed by atoms with E-state index >= 15 is 0 Å². The lowest BCUT2D eigenvalue weighted by molar-refractivity contribution is 0.199. The van der Waals surface area contributed by atoms with Gasteiger partial charge >= 0.3 is 0 Å². The van der Waals surface area contributed by atoms with Gasteiger partial charge in [-0.2, -0.15) is 0 Å². The Morgan fingerprint density at radius 2 is 2.21 bits per heavy atom. The van der Waals surface area contributed by atoms with E-state index in [1.807, 2.05) is 11.3 Å². The van der Waals surface area contributed by atoms with Gasteiger partial charge in [-0.1, -0.05) is 20.8 Å². The van der Waals surface area contributed by atoms with Crippen LogP contribution in [0.15, 0.2) is 15.9 Å². The quantitative estimate of drug-likeness (QED) is 0.864. The van der Waals surface area contributed by atoms with E-state index < -0.39 is 0 Å². The van der Waals surface area contributed by atoms with Crippen molar-refractivity contribution in [1.29, 1.82) is 0 Å². The summed E-state index contributed by atoms with van der Waals surface area (Å²) in [4.78, 5) is 4.02. The molecule has 0 aromatic carbocycles. The smallest absolute Gasteiger partial charge is 0.0702 e. The summed E-state index contributed by atoms with van der Waals surface area (Å²) >= 11 is 5.41. The predicted octanol–water partition coefficient (Wildman–Crippen LogP) is 4.27. The van der Waals surface area contributed by atoms with Crippen molar-refractivity contribution < 1.29 is 0 Å². The standard InChI is InChI=1S/C15H25BrN2S/c1-4-12(17)15(13-5-6-14(16)19-13)18-8-7-11(9-18)10(2)3/h5-6,10-12,15H,4,7-9,17H2,1-3H3. The van der Waals surface area contributed by atoms with Crippen LogP contribution in [-0.4, -0.2) is 24.0 Å². The van der Waals surface area contributed by atoms with E-state index in [9.17, 15) is 0 Å². The molecule has 1 aliphatic rings. The topological polar surface area (TPSA) is 29.3 Å². The van der Waals surface area contributed by atoms with Gasteiger partial charge in [-0.3, -0.25) is 4.90 Å². The van der Waals surface area contributed by atoms with E-state index in [1.54, 1.807) is 0 Å². The molecule has 1 aromatic heterocycles. The molecular formula is C15H25BrN2S.